The van der Waals surface area contributed by atoms with Crippen LogP contribution in [-0.4, -0.2) is 9.78 Å². The predicted octanol–water partition coefficient (Wildman–Crippen LogP) is 2.17. The van der Waals surface area contributed by atoms with E-state index in [2.05, 4.69) is 5.10 Å². The highest BCUT2D eigenvalue weighted by atomic mass is 35.5. The third-order valence-electron chi connectivity index (χ3n) is 2.31. The lowest BCUT2D eigenvalue weighted by Gasteiger charge is -2.00. The second-order valence-corrected chi connectivity index (χ2v) is 3.52. The first-order chi connectivity index (χ1) is 6.76. The normalized spacial score (nSPS) is 11.1. The highest BCUT2D eigenvalue weighted by Gasteiger charge is 2.07. The van der Waals surface area contributed by atoms with E-state index in [0.717, 1.165) is 23.0 Å². The van der Waals surface area contributed by atoms with Gasteiger partial charge in [-0.05, 0) is 24.6 Å². The minimum absolute atomic E-state index is 0.544. The molecule has 0 atom stereocenters. The maximum atomic E-state index is 5.99. The summed E-state index contributed by atoms with van der Waals surface area (Å²) in [4.78, 5) is 0. The van der Waals surface area contributed by atoms with Crippen molar-refractivity contribution in [1.29, 1.82) is 0 Å². The Labute approximate surface area is 87.5 Å². The first-order valence-corrected chi connectivity index (χ1v) is 4.99. The molecule has 0 aliphatic rings. The van der Waals surface area contributed by atoms with Crippen LogP contribution < -0.4 is 5.73 Å². The number of fused-ring (bicyclic) bond motifs is 1. The van der Waals surface area contributed by atoms with Gasteiger partial charge in [0.05, 0.1) is 5.52 Å². The van der Waals surface area contributed by atoms with Crippen LogP contribution in [0, 0.1) is 0 Å². The number of hydrogen-bond acceptors (Lipinski definition) is 2. The van der Waals surface area contributed by atoms with Crippen molar-refractivity contribution in [2.75, 3.05) is 0 Å². The van der Waals surface area contributed by atoms with Gasteiger partial charge in [-0.25, -0.2) is 0 Å². The molecule has 1 heterocycles. The Morgan fingerprint density at radius 2 is 2.29 bits per heavy atom. The molecule has 0 saturated carbocycles. The van der Waals surface area contributed by atoms with Crippen LogP contribution >= 0.6 is 11.6 Å². The number of hydrogen-bond donors (Lipinski definition) is 1. The zero-order chi connectivity index (χ0) is 10.1. The molecule has 0 aliphatic heterocycles. The van der Waals surface area contributed by atoms with Gasteiger partial charge in [0.25, 0.3) is 0 Å². The molecule has 1 aromatic heterocycles. The van der Waals surface area contributed by atoms with Crippen LogP contribution in [0.2, 0.25) is 5.15 Å². The van der Waals surface area contributed by atoms with E-state index in [-0.39, 0.29) is 0 Å². The maximum Gasteiger partial charge on any atom is 0.158 e. The number of halogens is 1. The number of aromatic nitrogens is 2. The predicted molar refractivity (Wildman–Crippen MR) is 58.3 cm³/mol. The van der Waals surface area contributed by atoms with E-state index in [1.165, 1.54) is 0 Å². The fraction of sp³-hybridized carbons (Fsp3) is 0.300. The third kappa shape index (κ3) is 1.38. The zero-order valence-corrected chi connectivity index (χ0v) is 8.75. The van der Waals surface area contributed by atoms with Gasteiger partial charge < -0.3 is 5.73 Å². The van der Waals surface area contributed by atoms with Crippen molar-refractivity contribution < 1.29 is 0 Å². The van der Waals surface area contributed by atoms with E-state index in [4.69, 9.17) is 17.3 Å². The van der Waals surface area contributed by atoms with Crippen molar-refractivity contribution in [2.24, 2.45) is 5.73 Å². The van der Waals surface area contributed by atoms with Crippen LogP contribution in [0.1, 0.15) is 12.5 Å². The topological polar surface area (TPSA) is 43.8 Å². The average Bonchev–Trinajstić information content (AvgIpc) is 2.55. The van der Waals surface area contributed by atoms with Gasteiger partial charge in [-0.1, -0.05) is 17.7 Å². The molecular weight excluding hydrogens is 198 g/mol. The lowest BCUT2D eigenvalue weighted by molar-refractivity contribution is 0.684. The Kier molecular flexibility index (Phi) is 2.44. The molecule has 0 aliphatic carbocycles. The van der Waals surface area contributed by atoms with E-state index < -0.39 is 0 Å². The minimum atomic E-state index is 0.544. The fourth-order valence-corrected chi connectivity index (χ4v) is 1.80. The smallest absolute Gasteiger partial charge is 0.158 e. The van der Waals surface area contributed by atoms with Crippen LogP contribution in [0.4, 0.5) is 0 Å². The van der Waals surface area contributed by atoms with Crippen molar-refractivity contribution >= 4 is 22.5 Å². The largest absolute Gasteiger partial charge is 0.326 e. The molecule has 0 radical (unpaired) electrons. The van der Waals surface area contributed by atoms with Gasteiger partial charge >= 0.3 is 0 Å². The Morgan fingerprint density at radius 3 is 2.93 bits per heavy atom. The molecule has 0 unspecified atom stereocenters. The summed E-state index contributed by atoms with van der Waals surface area (Å²) >= 11 is 5.99. The average molecular weight is 210 g/mol. The summed E-state index contributed by atoms with van der Waals surface area (Å²) in [5.74, 6) is 0. The first-order valence-electron chi connectivity index (χ1n) is 4.61. The highest BCUT2D eigenvalue weighted by Crippen LogP contribution is 2.23. The van der Waals surface area contributed by atoms with E-state index in [1.807, 2.05) is 29.8 Å². The molecule has 0 fully saturated rings. The van der Waals surface area contributed by atoms with Crippen molar-refractivity contribution in [2.45, 2.75) is 20.0 Å². The van der Waals surface area contributed by atoms with Crippen LogP contribution in [0.3, 0.4) is 0 Å². The van der Waals surface area contributed by atoms with Crippen LogP contribution in [0.5, 0.6) is 0 Å². The number of benzene rings is 1. The minimum Gasteiger partial charge on any atom is -0.326 e. The van der Waals surface area contributed by atoms with E-state index in [1.54, 1.807) is 0 Å². The highest BCUT2D eigenvalue weighted by molar-refractivity contribution is 6.34. The summed E-state index contributed by atoms with van der Waals surface area (Å²) in [6.07, 6.45) is 0. The Hall–Kier alpha value is -1.06. The van der Waals surface area contributed by atoms with Gasteiger partial charge in [0.15, 0.2) is 5.15 Å². The van der Waals surface area contributed by atoms with Crippen LogP contribution in [-0.2, 0) is 13.1 Å². The molecule has 0 spiro atoms. The van der Waals surface area contributed by atoms with Crippen molar-refractivity contribution in [3.05, 3.63) is 28.9 Å². The Bertz CT molecular complexity index is 462. The molecule has 74 valence electrons. The lowest BCUT2D eigenvalue weighted by atomic mass is 10.2. The summed E-state index contributed by atoms with van der Waals surface area (Å²) in [6, 6.07) is 5.99. The van der Waals surface area contributed by atoms with Crippen molar-refractivity contribution in [1.82, 2.24) is 9.78 Å². The second-order valence-electron chi connectivity index (χ2n) is 3.16. The molecule has 0 saturated heterocycles. The molecule has 1 aromatic carbocycles. The number of aryl methyl sites for hydroxylation is 1. The van der Waals surface area contributed by atoms with Gasteiger partial charge in [0.1, 0.15) is 0 Å². The van der Waals surface area contributed by atoms with Gasteiger partial charge in [0.2, 0.25) is 0 Å². The van der Waals surface area contributed by atoms with E-state index in [9.17, 15) is 0 Å². The van der Waals surface area contributed by atoms with Gasteiger partial charge in [0, 0.05) is 18.5 Å². The summed E-state index contributed by atoms with van der Waals surface area (Å²) in [6.45, 7) is 3.40. The van der Waals surface area contributed by atoms with Crippen molar-refractivity contribution in [3.63, 3.8) is 0 Å². The molecular formula is C10H12ClN3. The van der Waals surface area contributed by atoms with Crippen LogP contribution in [0.25, 0.3) is 10.9 Å². The molecule has 2 aromatic rings. The summed E-state index contributed by atoms with van der Waals surface area (Å²) in [5, 5.41) is 5.78. The summed E-state index contributed by atoms with van der Waals surface area (Å²) in [7, 11) is 0. The molecule has 4 heteroatoms. The molecule has 2 rings (SSSR count). The number of nitrogens with zero attached hydrogens (tertiary/aromatic N) is 2. The number of nitrogens with two attached hydrogens (primary N) is 1. The van der Waals surface area contributed by atoms with Crippen LogP contribution in [0.15, 0.2) is 18.2 Å². The monoisotopic (exact) mass is 209 g/mol. The summed E-state index contributed by atoms with van der Waals surface area (Å²) in [5.41, 5.74) is 7.73. The number of rotatable bonds is 2. The lowest BCUT2D eigenvalue weighted by Crippen LogP contribution is -1.98. The molecule has 0 amide bonds. The van der Waals surface area contributed by atoms with Gasteiger partial charge in [-0.15, -0.1) is 0 Å². The summed E-state index contributed by atoms with van der Waals surface area (Å²) < 4.78 is 1.89. The Balaban J connectivity index is 2.71. The molecule has 2 N–H and O–H groups in total. The molecule has 3 nitrogen and oxygen atoms in total. The van der Waals surface area contributed by atoms with Crippen molar-refractivity contribution in [3.8, 4) is 0 Å². The van der Waals surface area contributed by atoms with Gasteiger partial charge in [-0.3, -0.25) is 4.68 Å². The standard InChI is InChI=1S/C10H12ClN3/c1-2-14-9-5-7(6-12)3-4-8(9)10(11)13-14/h3-5H,2,6,12H2,1H3. The van der Waals surface area contributed by atoms with Gasteiger partial charge in [-0.2, -0.15) is 5.10 Å². The molecule has 0 bridgehead atoms. The zero-order valence-electron chi connectivity index (χ0n) is 8.00. The first kappa shape index (κ1) is 9.49. The second kappa shape index (κ2) is 3.59. The SMILES string of the molecule is CCn1nc(Cl)c2ccc(CN)cc21. The quantitative estimate of drug-likeness (QED) is 0.824. The molecule has 14 heavy (non-hydrogen) atoms. The van der Waals surface area contributed by atoms with E-state index >= 15 is 0 Å². The van der Waals surface area contributed by atoms with E-state index in [0.29, 0.717) is 11.7 Å². The Morgan fingerprint density at radius 1 is 1.50 bits per heavy atom. The fourth-order valence-electron chi connectivity index (χ4n) is 1.55. The maximum absolute atomic E-state index is 5.99. The third-order valence-corrected chi connectivity index (χ3v) is 2.59.